The fourth-order valence-electron chi connectivity index (χ4n) is 1.77. The molecule has 1 aromatic heterocycles. The van der Waals surface area contributed by atoms with E-state index in [0.29, 0.717) is 18.0 Å². The van der Waals surface area contributed by atoms with Crippen LogP contribution in [-0.2, 0) is 4.79 Å². The van der Waals surface area contributed by atoms with Gasteiger partial charge in [0.1, 0.15) is 10.7 Å². The summed E-state index contributed by atoms with van der Waals surface area (Å²) >= 11 is 0. The van der Waals surface area contributed by atoms with E-state index < -0.39 is 16.7 Å². The number of nitrogens with one attached hydrogen (secondary N) is 2. The number of carbonyl (C=O) groups excluding carboxylic acids is 2. The van der Waals surface area contributed by atoms with Gasteiger partial charge in [0.2, 0.25) is 0 Å². The molecule has 0 spiro atoms. The van der Waals surface area contributed by atoms with Gasteiger partial charge >= 0.3 is 5.88 Å². The SMILES string of the molecule is CCNC(=O)COc1ccc(NC(=O)c2ccc([N+](=O)[O-])o2)cc1. The standard InChI is InChI=1S/C15H15N3O6/c1-2-16-13(19)9-23-11-5-3-10(4-6-11)17-15(20)12-7-8-14(24-12)18(21)22/h3-8H,2,9H2,1H3,(H,16,19)(H,17,20). The highest BCUT2D eigenvalue weighted by Gasteiger charge is 2.17. The number of anilines is 1. The molecule has 2 rings (SSSR count). The van der Waals surface area contributed by atoms with Crippen LogP contribution in [-0.4, -0.2) is 29.9 Å². The number of furan rings is 1. The van der Waals surface area contributed by atoms with Crippen LogP contribution in [0.4, 0.5) is 11.6 Å². The van der Waals surface area contributed by atoms with Gasteiger partial charge in [-0.2, -0.15) is 0 Å². The summed E-state index contributed by atoms with van der Waals surface area (Å²) in [5, 5.41) is 15.7. The first-order valence-electron chi connectivity index (χ1n) is 7.04. The van der Waals surface area contributed by atoms with Crippen molar-refractivity contribution in [3.8, 4) is 5.75 Å². The first kappa shape index (κ1) is 17.0. The first-order chi connectivity index (χ1) is 11.5. The van der Waals surface area contributed by atoms with Crippen LogP contribution in [0.15, 0.2) is 40.8 Å². The van der Waals surface area contributed by atoms with Crippen LogP contribution in [0.25, 0.3) is 0 Å². The van der Waals surface area contributed by atoms with Gasteiger partial charge in [-0.3, -0.25) is 19.7 Å². The average Bonchev–Trinajstić information content (AvgIpc) is 3.05. The molecular weight excluding hydrogens is 318 g/mol. The van der Waals surface area contributed by atoms with E-state index in [9.17, 15) is 19.7 Å². The second-order valence-electron chi connectivity index (χ2n) is 4.62. The minimum absolute atomic E-state index is 0.102. The molecule has 0 radical (unpaired) electrons. The highest BCUT2D eigenvalue weighted by Crippen LogP contribution is 2.19. The van der Waals surface area contributed by atoms with Crippen molar-refractivity contribution in [1.82, 2.24) is 5.32 Å². The number of nitro groups is 1. The van der Waals surface area contributed by atoms with Gasteiger partial charge in [-0.05, 0) is 37.3 Å². The van der Waals surface area contributed by atoms with Gasteiger partial charge in [0.05, 0.1) is 6.07 Å². The van der Waals surface area contributed by atoms with Gasteiger partial charge in [0.25, 0.3) is 11.8 Å². The first-order valence-corrected chi connectivity index (χ1v) is 7.04. The Balaban J connectivity index is 1.92. The predicted molar refractivity (Wildman–Crippen MR) is 83.9 cm³/mol. The second kappa shape index (κ2) is 7.77. The molecule has 0 aliphatic rings. The van der Waals surface area contributed by atoms with Gasteiger partial charge in [-0.1, -0.05) is 0 Å². The summed E-state index contributed by atoms with van der Waals surface area (Å²) in [5.74, 6) is -1.05. The molecule has 0 atom stereocenters. The molecule has 0 aliphatic heterocycles. The highest BCUT2D eigenvalue weighted by atomic mass is 16.6. The molecule has 2 amide bonds. The summed E-state index contributed by atoms with van der Waals surface area (Å²) in [7, 11) is 0. The summed E-state index contributed by atoms with van der Waals surface area (Å²) in [5.41, 5.74) is 0.449. The average molecular weight is 333 g/mol. The Morgan fingerprint density at radius 2 is 1.92 bits per heavy atom. The minimum atomic E-state index is -0.725. The molecule has 0 saturated heterocycles. The molecule has 0 aliphatic carbocycles. The van der Waals surface area contributed by atoms with E-state index in [0.717, 1.165) is 6.07 Å². The number of nitrogens with zero attached hydrogens (tertiary/aromatic N) is 1. The molecular formula is C15H15N3O6. The third-order valence-corrected chi connectivity index (χ3v) is 2.85. The lowest BCUT2D eigenvalue weighted by atomic mass is 10.3. The lowest BCUT2D eigenvalue weighted by Gasteiger charge is -2.07. The van der Waals surface area contributed by atoms with Crippen molar-refractivity contribution in [3.05, 3.63) is 52.3 Å². The predicted octanol–water partition coefficient (Wildman–Crippen LogP) is 1.95. The maximum absolute atomic E-state index is 11.9. The van der Waals surface area contributed by atoms with Crippen molar-refractivity contribution in [2.75, 3.05) is 18.5 Å². The maximum atomic E-state index is 11.9. The van der Waals surface area contributed by atoms with E-state index in [1.165, 1.54) is 6.07 Å². The van der Waals surface area contributed by atoms with E-state index in [1.54, 1.807) is 24.3 Å². The number of ether oxygens (including phenoxy) is 1. The van der Waals surface area contributed by atoms with Crippen molar-refractivity contribution in [2.24, 2.45) is 0 Å². The monoisotopic (exact) mass is 333 g/mol. The van der Waals surface area contributed by atoms with Crippen molar-refractivity contribution in [3.63, 3.8) is 0 Å². The zero-order valence-electron chi connectivity index (χ0n) is 12.8. The molecule has 24 heavy (non-hydrogen) atoms. The molecule has 1 aromatic carbocycles. The smallest absolute Gasteiger partial charge is 0.433 e. The Bertz CT molecular complexity index is 738. The van der Waals surface area contributed by atoms with Crippen molar-refractivity contribution >= 4 is 23.4 Å². The quantitative estimate of drug-likeness (QED) is 0.589. The van der Waals surface area contributed by atoms with Crippen molar-refractivity contribution < 1.29 is 23.7 Å². The normalized spacial score (nSPS) is 10.0. The number of rotatable bonds is 7. The number of carbonyl (C=O) groups is 2. The summed E-state index contributed by atoms with van der Waals surface area (Å²) in [4.78, 5) is 33.0. The molecule has 9 heteroatoms. The van der Waals surface area contributed by atoms with Crippen LogP contribution in [0.3, 0.4) is 0 Å². The Morgan fingerprint density at radius 1 is 1.21 bits per heavy atom. The number of hydrogen-bond acceptors (Lipinski definition) is 6. The Labute approximate surface area is 136 Å². The fraction of sp³-hybridized carbons (Fsp3) is 0.200. The van der Waals surface area contributed by atoms with Crippen LogP contribution < -0.4 is 15.4 Å². The summed E-state index contributed by atoms with van der Waals surface area (Å²) in [6.07, 6.45) is 0. The van der Waals surface area contributed by atoms with Crippen molar-refractivity contribution in [2.45, 2.75) is 6.92 Å². The Kier molecular flexibility index (Phi) is 5.50. The van der Waals surface area contributed by atoms with Gasteiger partial charge in [0, 0.05) is 12.2 Å². The highest BCUT2D eigenvalue weighted by molar-refractivity contribution is 6.02. The van der Waals surface area contributed by atoms with Crippen LogP contribution >= 0.6 is 0 Å². The maximum Gasteiger partial charge on any atom is 0.433 e. The van der Waals surface area contributed by atoms with Gasteiger partial charge < -0.3 is 19.8 Å². The summed E-state index contributed by atoms with van der Waals surface area (Å²) in [6.45, 7) is 2.23. The van der Waals surface area contributed by atoms with Gasteiger partial charge in [-0.25, -0.2) is 0 Å². The summed E-state index contributed by atoms with van der Waals surface area (Å²) < 4.78 is 10.1. The minimum Gasteiger partial charge on any atom is -0.484 e. The van der Waals surface area contributed by atoms with Crippen LogP contribution in [0.2, 0.25) is 0 Å². The molecule has 9 nitrogen and oxygen atoms in total. The zero-order valence-corrected chi connectivity index (χ0v) is 12.8. The van der Waals surface area contributed by atoms with E-state index >= 15 is 0 Å². The topological polar surface area (TPSA) is 124 Å². The van der Waals surface area contributed by atoms with E-state index in [4.69, 9.17) is 9.15 Å². The fourth-order valence-corrected chi connectivity index (χ4v) is 1.77. The van der Waals surface area contributed by atoms with Gasteiger partial charge in [-0.15, -0.1) is 0 Å². The molecule has 2 aromatic rings. The van der Waals surface area contributed by atoms with E-state index in [-0.39, 0.29) is 18.3 Å². The number of amides is 2. The molecule has 126 valence electrons. The lowest BCUT2D eigenvalue weighted by molar-refractivity contribution is -0.402. The van der Waals surface area contributed by atoms with Crippen LogP contribution in [0, 0.1) is 10.1 Å². The molecule has 0 fully saturated rings. The van der Waals surface area contributed by atoms with Gasteiger partial charge in [0.15, 0.2) is 12.4 Å². The van der Waals surface area contributed by atoms with Crippen LogP contribution in [0.1, 0.15) is 17.5 Å². The van der Waals surface area contributed by atoms with Crippen LogP contribution in [0.5, 0.6) is 5.75 Å². The lowest BCUT2D eigenvalue weighted by Crippen LogP contribution is -2.28. The van der Waals surface area contributed by atoms with Crippen molar-refractivity contribution in [1.29, 1.82) is 0 Å². The third-order valence-electron chi connectivity index (χ3n) is 2.85. The molecule has 0 bridgehead atoms. The summed E-state index contributed by atoms with van der Waals surface area (Å²) in [6, 6.07) is 8.63. The number of hydrogen-bond donors (Lipinski definition) is 2. The molecule has 1 heterocycles. The van der Waals surface area contributed by atoms with E-state index in [2.05, 4.69) is 10.6 Å². The third kappa shape index (κ3) is 4.57. The molecule has 0 unspecified atom stereocenters. The Hall–Kier alpha value is -3.36. The largest absolute Gasteiger partial charge is 0.484 e. The number of benzene rings is 1. The number of likely N-dealkylation sites (N-methyl/N-ethyl adjacent to an activating group) is 1. The Morgan fingerprint density at radius 3 is 2.50 bits per heavy atom. The van der Waals surface area contributed by atoms with E-state index in [1.807, 2.05) is 6.92 Å². The second-order valence-corrected chi connectivity index (χ2v) is 4.62. The zero-order chi connectivity index (χ0) is 17.5. The molecule has 0 saturated carbocycles. The molecule has 2 N–H and O–H groups in total.